The normalized spacial score (nSPS) is 28.9. The van der Waals surface area contributed by atoms with Crippen LogP contribution in [-0.4, -0.2) is 5.11 Å². The van der Waals surface area contributed by atoms with Crippen LogP contribution in [0.2, 0.25) is 0 Å². The summed E-state index contributed by atoms with van der Waals surface area (Å²) in [5, 5.41) is 9.71. The Kier molecular flexibility index (Phi) is 3.67. The molecule has 0 saturated heterocycles. The number of phenols is 1. The number of fused-ring (bicyclic) bond motifs is 1. The number of aromatic hydroxyl groups is 1. The summed E-state index contributed by atoms with van der Waals surface area (Å²) in [6.45, 7) is 2.42. The van der Waals surface area contributed by atoms with E-state index in [0.717, 1.165) is 28.9 Å². The van der Waals surface area contributed by atoms with Crippen LogP contribution in [-0.2, 0) is 0 Å². The standard InChI is InChI=1S/C21H26N2O/c1-12-17-8-6-14(7-9-18(12)17)13-2-4-15(5-3-13)16-10-19(22)21(24)20(23)11-16/h2-5,10-12,14,17-18,24H,6-9,22-23H2,1H3/t12?,14?,17-,18+. The number of hydrogen-bond acceptors (Lipinski definition) is 3. The van der Waals surface area contributed by atoms with Crippen LogP contribution in [0.1, 0.15) is 44.1 Å². The minimum Gasteiger partial charge on any atom is -0.504 e. The Bertz CT molecular complexity index is 716. The Balaban J connectivity index is 1.53. The van der Waals surface area contributed by atoms with Crippen LogP contribution in [0.25, 0.3) is 11.1 Å². The minimum absolute atomic E-state index is 0.0263. The highest BCUT2D eigenvalue weighted by Crippen LogP contribution is 2.55. The fraction of sp³-hybridized carbons (Fsp3) is 0.429. The zero-order valence-corrected chi connectivity index (χ0v) is 14.2. The van der Waals surface area contributed by atoms with Crippen LogP contribution in [0.4, 0.5) is 11.4 Å². The molecule has 2 aliphatic rings. The van der Waals surface area contributed by atoms with E-state index in [1.54, 1.807) is 12.1 Å². The third kappa shape index (κ3) is 2.62. The predicted octanol–water partition coefficient (Wildman–Crippen LogP) is 4.76. The molecular formula is C21H26N2O. The lowest BCUT2D eigenvalue weighted by Gasteiger charge is -2.16. The van der Waals surface area contributed by atoms with Crippen LogP contribution >= 0.6 is 0 Å². The molecule has 0 amide bonds. The molecule has 4 atom stereocenters. The highest BCUT2D eigenvalue weighted by Gasteiger charge is 2.47. The van der Waals surface area contributed by atoms with E-state index in [1.165, 1.54) is 31.2 Å². The molecule has 24 heavy (non-hydrogen) atoms. The number of rotatable bonds is 2. The van der Waals surface area contributed by atoms with Crippen LogP contribution in [0.5, 0.6) is 5.75 Å². The van der Waals surface area contributed by atoms with Gasteiger partial charge in [0.2, 0.25) is 0 Å². The Labute approximate surface area is 143 Å². The van der Waals surface area contributed by atoms with Gasteiger partial charge in [-0.2, -0.15) is 0 Å². The van der Waals surface area contributed by atoms with Crippen LogP contribution in [0, 0.1) is 17.8 Å². The van der Waals surface area contributed by atoms with Gasteiger partial charge in [0.25, 0.3) is 0 Å². The molecule has 0 aromatic heterocycles. The zero-order valence-electron chi connectivity index (χ0n) is 14.2. The average Bonchev–Trinajstić information content (AvgIpc) is 3.27. The van der Waals surface area contributed by atoms with Gasteiger partial charge in [-0.25, -0.2) is 0 Å². The molecule has 0 radical (unpaired) electrons. The molecule has 2 aromatic carbocycles. The van der Waals surface area contributed by atoms with Gasteiger partial charge in [-0.15, -0.1) is 0 Å². The molecule has 0 bridgehead atoms. The molecule has 2 aliphatic carbocycles. The van der Waals surface area contributed by atoms with Crippen molar-refractivity contribution in [3.05, 3.63) is 42.0 Å². The molecule has 5 N–H and O–H groups in total. The number of benzene rings is 2. The quantitative estimate of drug-likeness (QED) is 0.551. The molecular weight excluding hydrogens is 296 g/mol. The fourth-order valence-electron chi connectivity index (χ4n) is 4.65. The second-order valence-corrected chi connectivity index (χ2v) is 7.66. The maximum Gasteiger partial charge on any atom is 0.161 e. The fourth-order valence-corrected chi connectivity index (χ4v) is 4.65. The maximum atomic E-state index is 9.71. The highest BCUT2D eigenvalue weighted by molar-refractivity contribution is 5.78. The molecule has 3 nitrogen and oxygen atoms in total. The number of nitrogen functional groups attached to an aromatic ring is 2. The van der Waals surface area contributed by atoms with Gasteiger partial charge in [-0.1, -0.05) is 31.2 Å². The number of hydrogen-bond donors (Lipinski definition) is 3. The van der Waals surface area contributed by atoms with Crippen molar-refractivity contribution in [2.45, 2.75) is 38.5 Å². The predicted molar refractivity (Wildman–Crippen MR) is 99.7 cm³/mol. The summed E-state index contributed by atoms with van der Waals surface area (Å²) in [7, 11) is 0. The van der Waals surface area contributed by atoms with Gasteiger partial charge in [0, 0.05) is 0 Å². The van der Waals surface area contributed by atoms with Gasteiger partial charge in [-0.05, 0) is 78.2 Å². The van der Waals surface area contributed by atoms with Gasteiger partial charge in [0.1, 0.15) is 0 Å². The minimum atomic E-state index is -0.0263. The average molecular weight is 322 g/mol. The van der Waals surface area contributed by atoms with E-state index >= 15 is 0 Å². The first-order valence-electron chi connectivity index (χ1n) is 9.03. The van der Waals surface area contributed by atoms with Crippen molar-refractivity contribution >= 4 is 11.4 Å². The summed E-state index contributed by atoms with van der Waals surface area (Å²) in [5.41, 5.74) is 15.8. The van der Waals surface area contributed by atoms with Crippen molar-refractivity contribution in [2.24, 2.45) is 17.8 Å². The monoisotopic (exact) mass is 322 g/mol. The number of anilines is 2. The largest absolute Gasteiger partial charge is 0.504 e. The Morgan fingerprint density at radius 2 is 1.38 bits per heavy atom. The Hall–Kier alpha value is -2.16. The smallest absolute Gasteiger partial charge is 0.161 e. The molecule has 2 fully saturated rings. The van der Waals surface area contributed by atoms with Crippen LogP contribution in [0.3, 0.4) is 0 Å². The summed E-state index contributed by atoms with van der Waals surface area (Å²) in [5.74, 6) is 3.64. The number of nitrogens with two attached hydrogens (primary N) is 2. The van der Waals surface area contributed by atoms with Crippen LogP contribution < -0.4 is 11.5 Å². The lowest BCUT2D eigenvalue weighted by atomic mass is 9.89. The van der Waals surface area contributed by atoms with Gasteiger partial charge < -0.3 is 16.6 Å². The van der Waals surface area contributed by atoms with E-state index in [1.807, 2.05) is 0 Å². The molecule has 0 aliphatic heterocycles. The van der Waals surface area contributed by atoms with E-state index < -0.39 is 0 Å². The molecule has 2 unspecified atom stereocenters. The second-order valence-electron chi connectivity index (χ2n) is 7.66. The second kappa shape index (κ2) is 5.73. The van der Waals surface area contributed by atoms with E-state index in [2.05, 4.69) is 31.2 Å². The SMILES string of the molecule is CC1[C@H]2CCC(c3ccc(-c4cc(N)c(O)c(N)c4)cc3)CC[C@@H]12. The third-order valence-electron chi connectivity index (χ3n) is 6.34. The third-order valence-corrected chi connectivity index (χ3v) is 6.34. The van der Waals surface area contributed by atoms with E-state index in [4.69, 9.17) is 11.5 Å². The van der Waals surface area contributed by atoms with Gasteiger partial charge in [0.15, 0.2) is 5.75 Å². The van der Waals surface area contributed by atoms with Gasteiger partial charge >= 0.3 is 0 Å². The molecule has 2 saturated carbocycles. The van der Waals surface area contributed by atoms with E-state index in [-0.39, 0.29) is 5.75 Å². The first-order valence-corrected chi connectivity index (χ1v) is 9.03. The molecule has 3 heteroatoms. The summed E-state index contributed by atoms with van der Waals surface area (Å²) in [6.07, 6.45) is 5.43. The summed E-state index contributed by atoms with van der Waals surface area (Å²) in [6, 6.07) is 12.4. The first kappa shape index (κ1) is 15.4. The summed E-state index contributed by atoms with van der Waals surface area (Å²) >= 11 is 0. The number of phenolic OH excluding ortho intramolecular Hbond substituents is 1. The molecule has 2 aromatic rings. The van der Waals surface area contributed by atoms with Crippen molar-refractivity contribution in [1.29, 1.82) is 0 Å². The first-order chi connectivity index (χ1) is 11.5. The summed E-state index contributed by atoms with van der Waals surface area (Å²) in [4.78, 5) is 0. The topological polar surface area (TPSA) is 72.3 Å². The van der Waals surface area contributed by atoms with Crippen LogP contribution in [0.15, 0.2) is 36.4 Å². The molecule has 4 rings (SSSR count). The zero-order chi connectivity index (χ0) is 16.8. The van der Waals surface area contributed by atoms with E-state index in [0.29, 0.717) is 17.3 Å². The van der Waals surface area contributed by atoms with Gasteiger partial charge in [-0.3, -0.25) is 0 Å². The molecule has 0 heterocycles. The van der Waals surface area contributed by atoms with Crippen molar-refractivity contribution in [3.8, 4) is 16.9 Å². The highest BCUT2D eigenvalue weighted by atomic mass is 16.3. The van der Waals surface area contributed by atoms with Crippen molar-refractivity contribution in [3.63, 3.8) is 0 Å². The summed E-state index contributed by atoms with van der Waals surface area (Å²) < 4.78 is 0. The maximum absolute atomic E-state index is 9.71. The lowest BCUT2D eigenvalue weighted by molar-refractivity contribution is 0.480. The Morgan fingerprint density at radius 1 is 0.833 bits per heavy atom. The lowest BCUT2D eigenvalue weighted by Crippen LogP contribution is -1.99. The van der Waals surface area contributed by atoms with E-state index in [9.17, 15) is 5.11 Å². The Morgan fingerprint density at radius 3 is 1.92 bits per heavy atom. The van der Waals surface area contributed by atoms with Gasteiger partial charge in [0.05, 0.1) is 11.4 Å². The van der Waals surface area contributed by atoms with Crippen molar-refractivity contribution < 1.29 is 5.11 Å². The van der Waals surface area contributed by atoms with Crippen molar-refractivity contribution in [1.82, 2.24) is 0 Å². The molecule has 126 valence electrons. The van der Waals surface area contributed by atoms with Crippen molar-refractivity contribution in [2.75, 3.05) is 11.5 Å². The molecule has 0 spiro atoms.